The SMILES string of the molecule is CC1CC(NC(=O)COc2ccc(N)cc2)CCN1C. The van der Waals surface area contributed by atoms with Gasteiger partial charge in [-0.2, -0.15) is 0 Å². The van der Waals surface area contributed by atoms with Gasteiger partial charge in [-0.1, -0.05) is 0 Å². The third-order valence-corrected chi connectivity index (χ3v) is 3.82. The van der Waals surface area contributed by atoms with E-state index in [1.165, 1.54) is 0 Å². The molecule has 1 aliphatic heterocycles. The zero-order valence-corrected chi connectivity index (χ0v) is 12.1. The lowest BCUT2D eigenvalue weighted by Crippen LogP contribution is -2.48. The number of hydrogen-bond donors (Lipinski definition) is 2. The molecule has 0 saturated carbocycles. The Hall–Kier alpha value is -1.75. The Bertz CT molecular complexity index is 447. The minimum Gasteiger partial charge on any atom is -0.484 e. The molecule has 2 unspecified atom stereocenters. The molecule has 2 rings (SSSR count). The first-order valence-electron chi connectivity index (χ1n) is 7.02. The molecule has 1 amide bonds. The lowest BCUT2D eigenvalue weighted by atomic mass is 9.99. The number of carbonyl (C=O) groups is 1. The van der Waals surface area contributed by atoms with Crippen molar-refractivity contribution < 1.29 is 9.53 Å². The number of nitrogens with zero attached hydrogens (tertiary/aromatic N) is 1. The van der Waals surface area contributed by atoms with E-state index in [1.54, 1.807) is 24.3 Å². The first-order chi connectivity index (χ1) is 9.54. The lowest BCUT2D eigenvalue weighted by molar-refractivity contribution is -0.124. The number of amides is 1. The number of likely N-dealkylation sites (tertiary alicyclic amines) is 1. The maximum Gasteiger partial charge on any atom is 0.258 e. The van der Waals surface area contributed by atoms with Crippen LogP contribution in [0.2, 0.25) is 0 Å². The summed E-state index contributed by atoms with van der Waals surface area (Å²) >= 11 is 0. The highest BCUT2D eigenvalue weighted by Crippen LogP contribution is 2.15. The second-order valence-corrected chi connectivity index (χ2v) is 5.48. The summed E-state index contributed by atoms with van der Waals surface area (Å²) in [5, 5.41) is 3.04. The number of ether oxygens (including phenoxy) is 1. The van der Waals surface area contributed by atoms with E-state index in [2.05, 4.69) is 24.2 Å². The normalized spacial score (nSPS) is 23.3. The number of benzene rings is 1. The fraction of sp³-hybridized carbons (Fsp3) is 0.533. The van der Waals surface area contributed by atoms with Gasteiger partial charge in [-0.3, -0.25) is 4.79 Å². The first-order valence-corrected chi connectivity index (χ1v) is 7.02. The Morgan fingerprint density at radius 1 is 1.45 bits per heavy atom. The molecule has 0 radical (unpaired) electrons. The predicted molar refractivity (Wildman–Crippen MR) is 79.6 cm³/mol. The van der Waals surface area contributed by atoms with Crippen molar-refractivity contribution in [1.82, 2.24) is 10.2 Å². The molecule has 1 heterocycles. The summed E-state index contributed by atoms with van der Waals surface area (Å²) in [5.74, 6) is 0.592. The maximum atomic E-state index is 11.9. The second-order valence-electron chi connectivity index (χ2n) is 5.48. The molecule has 0 aliphatic carbocycles. The summed E-state index contributed by atoms with van der Waals surface area (Å²) in [6.07, 6.45) is 1.98. The molecule has 1 aliphatic rings. The van der Waals surface area contributed by atoms with Crippen molar-refractivity contribution in [2.45, 2.75) is 31.8 Å². The molecule has 2 atom stereocenters. The minimum atomic E-state index is -0.0661. The van der Waals surface area contributed by atoms with Gasteiger partial charge in [-0.05, 0) is 51.1 Å². The van der Waals surface area contributed by atoms with Crippen LogP contribution >= 0.6 is 0 Å². The summed E-state index contributed by atoms with van der Waals surface area (Å²) in [6.45, 7) is 3.25. The van der Waals surface area contributed by atoms with Gasteiger partial charge in [0.15, 0.2) is 6.61 Å². The van der Waals surface area contributed by atoms with Gasteiger partial charge >= 0.3 is 0 Å². The number of nitrogen functional groups attached to an aromatic ring is 1. The van der Waals surface area contributed by atoms with Crippen LogP contribution in [0.3, 0.4) is 0 Å². The molecule has 5 heteroatoms. The molecule has 0 spiro atoms. The van der Waals surface area contributed by atoms with Crippen molar-refractivity contribution in [2.75, 3.05) is 25.9 Å². The molecule has 20 heavy (non-hydrogen) atoms. The Labute approximate surface area is 120 Å². The van der Waals surface area contributed by atoms with E-state index in [1.807, 2.05) is 0 Å². The van der Waals surface area contributed by atoms with E-state index in [0.717, 1.165) is 19.4 Å². The molecule has 1 saturated heterocycles. The number of rotatable bonds is 4. The number of piperidine rings is 1. The third kappa shape index (κ3) is 4.13. The molecule has 0 bridgehead atoms. The zero-order chi connectivity index (χ0) is 14.5. The molecule has 5 nitrogen and oxygen atoms in total. The van der Waals surface area contributed by atoms with Crippen LogP contribution in [0.1, 0.15) is 19.8 Å². The van der Waals surface area contributed by atoms with E-state index in [-0.39, 0.29) is 18.6 Å². The molecule has 3 N–H and O–H groups in total. The van der Waals surface area contributed by atoms with Crippen molar-refractivity contribution in [3.63, 3.8) is 0 Å². The highest BCUT2D eigenvalue weighted by Gasteiger charge is 2.23. The number of nitrogens with two attached hydrogens (primary N) is 1. The predicted octanol–water partition coefficient (Wildman–Crippen LogP) is 1.25. The van der Waals surface area contributed by atoms with Crippen LogP contribution in [-0.2, 0) is 4.79 Å². The van der Waals surface area contributed by atoms with Crippen LogP contribution in [0.4, 0.5) is 5.69 Å². The molecule has 0 aromatic heterocycles. The number of hydrogen-bond acceptors (Lipinski definition) is 4. The van der Waals surface area contributed by atoms with Gasteiger partial charge in [0.05, 0.1) is 0 Å². The smallest absolute Gasteiger partial charge is 0.258 e. The van der Waals surface area contributed by atoms with Gasteiger partial charge in [0.2, 0.25) is 0 Å². The fourth-order valence-electron chi connectivity index (χ4n) is 2.40. The Balaban J connectivity index is 1.74. The number of carbonyl (C=O) groups excluding carboxylic acids is 1. The Kier molecular flexibility index (Phi) is 4.84. The van der Waals surface area contributed by atoms with E-state index in [4.69, 9.17) is 10.5 Å². The molecular formula is C15H23N3O2. The van der Waals surface area contributed by atoms with Crippen LogP contribution in [0.15, 0.2) is 24.3 Å². The largest absolute Gasteiger partial charge is 0.484 e. The summed E-state index contributed by atoms with van der Waals surface area (Å²) in [6, 6.07) is 7.80. The highest BCUT2D eigenvalue weighted by atomic mass is 16.5. The van der Waals surface area contributed by atoms with Crippen LogP contribution in [0.25, 0.3) is 0 Å². The van der Waals surface area contributed by atoms with Gasteiger partial charge in [0, 0.05) is 24.3 Å². The summed E-state index contributed by atoms with van der Waals surface area (Å²) in [4.78, 5) is 14.2. The second kappa shape index (κ2) is 6.61. The van der Waals surface area contributed by atoms with Crippen molar-refractivity contribution in [2.24, 2.45) is 0 Å². The molecule has 1 fully saturated rings. The van der Waals surface area contributed by atoms with Crippen LogP contribution in [0.5, 0.6) is 5.75 Å². The lowest BCUT2D eigenvalue weighted by Gasteiger charge is -2.35. The van der Waals surface area contributed by atoms with E-state index >= 15 is 0 Å². The van der Waals surface area contributed by atoms with Gasteiger partial charge in [0.25, 0.3) is 5.91 Å². The monoisotopic (exact) mass is 277 g/mol. The van der Waals surface area contributed by atoms with Crippen molar-refractivity contribution >= 4 is 11.6 Å². The van der Waals surface area contributed by atoms with Crippen LogP contribution in [0, 0.1) is 0 Å². The summed E-state index contributed by atoms with van der Waals surface area (Å²) in [7, 11) is 2.12. The average molecular weight is 277 g/mol. The van der Waals surface area contributed by atoms with Crippen molar-refractivity contribution in [3.8, 4) is 5.75 Å². The molecule has 1 aromatic carbocycles. The van der Waals surface area contributed by atoms with Gasteiger partial charge in [0.1, 0.15) is 5.75 Å². The number of anilines is 1. The van der Waals surface area contributed by atoms with E-state index in [0.29, 0.717) is 17.5 Å². The van der Waals surface area contributed by atoms with Crippen molar-refractivity contribution in [3.05, 3.63) is 24.3 Å². The molecule has 1 aromatic rings. The van der Waals surface area contributed by atoms with E-state index in [9.17, 15) is 4.79 Å². The van der Waals surface area contributed by atoms with E-state index < -0.39 is 0 Å². The Morgan fingerprint density at radius 2 is 2.15 bits per heavy atom. The quantitative estimate of drug-likeness (QED) is 0.813. The third-order valence-electron chi connectivity index (χ3n) is 3.82. The number of nitrogens with one attached hydrogen (secondary N) is 1. The van der Waals surface area contributed by atoms with Crippen molar-refractivity contribution in [1.29, 1.82) is 0 Å². The van der Waals surface area contributed by atoms with Gasteiger partial charge < -0.3 is 20.7 Å². The summed E-state index contributed by atoms with van der Waals surface area (Å²) in [5.41, 5.74) is 6.27. The minimum absolute atomic E-state index is 0.0463. The van der Waals surface area contributed by atoms with Crippen LogP contribution in [-0.4, -0.2) is 43.1 Å². The molecule has 110 valence electrons. The topological polar surface area (TPSA) is 67.6 Å². The van der Waals surface area contributed by atoms with Gasteiger partial charge in [-0.25, -0.2) is 0 Å². The van der Waals surface area contributed by atoms with Gasteiger partial charge in [-0.15, -0.1) is 0 Å². The first kappa shape index (κ1) is 14.7. The maximum absolute atomic E-state index is 11.9. The zero-order valence-electron chi connectivity index (χ0n) is 12.1. The summed E-state index contributed by atoms with van der Waals surface area (Å²) < 4.78 is 5.43. The Morgan fingerprint density at radius 3 is 2.80 bits per heavy atom. The molecular weight excluding hydrogens is 254 g/mol. The van der Waals surface area contributed by atoms with Crippen LogP contribution < -0.4 is 15.8 Å². The average Bonchev–Trinajstić information content (AvgIpc) is 2.42. The highest BCUT2D eigenvalue weighted by molar-refractivity contribution is 5.77. The fourth-order valence-corrected chi connectivity index (χ4v) is 2.40. The standard InChI is InChI=1S/C15H23N3O2/c1-11-9-13(7-8-18(11)2)17-15(19)10-20-14-5-3-12(16)4-6-14/h3-6,11,13H,7-10,16H2,1-2H3,(H,17,19).